The average molecular weight is 475 g/mol. The first-order chi connectivity index (χ1) is 16.7. The summed E-state index contributed by atoms with van der Waals surface area (Å²) in [5.74, 6) is 0.937. The highest BCUT2D eigenvalue weighted by Gasteiger charge is 2.44. The fourth-order valence-electron chi connectivity index (χ4n) is 5.80. The zero-order valence-corrected chi connectivity index (χ0v) is 21.5. The van der Waals surface area contributed by atoms with Crippen molar-refractivity contribution in [3.05, 3.63) is 59.2 Å². The van der Waals surface area contributed by atoms with E-state index in [4.69, 9.17) is 14.7 Å². The van der Waals surface area contributed by atoms with Gasteiger partial charge in [0.25, 0.3) is 0 Å². The van der Waals surface area contributed by atoms with Crippen LogP contribution >= 0.6 is 0 Å². The molecule has 2 aromatic rings. The van der Waals surface area contributed by atoms with Crippen LogP contribution in [0.1, 0.15) is 75.0 Å². The zero-order valence-electron chi connectivity index (χ0n) is 21.5. The number of rotatable bonds is 10. The summed E-state index contributed by atoms with van der Waals surface area (Å²) in [7, 11) is 3.30. The molecule has 0 radical (unpaired) electrons. The number of nitriles is 2. The number of hydrogen-bond donors (Lipinski definition) is 1. The number of hydrogen-bond acceptors (Lipinski definition) is 5. The first kappa shape index (κ1) is 26.6. The van der Waals surface area contributed by atoms with Gasteiger partial charge in [-0.2, -0.15) is 10.5 Å². The van der Waals surface area contributed by atoms with Gasteiger partial charge in [-0.3, -0.25) is 0 Å². The normalized spacial score (nSPS) is 17.0. The molecule has 35 heavy (non-hydrogen) atoms. The lowest BCUT2D eigenvalue weighted by molar-refractivity contribution is -0.0365. The Labute approximate surface area is 210 Å². The van der Waals surface area contributed by atoms with Crippen LogP contribution in [0.2, 0.25) is 0 Å². The number of aliphatic hydroxyl groups is 1. The number of benzene rings is 2. The van der Waals surface area contributed by atoms with Crippen molar-refractivity contribution < 1.29 is 14.6 Å². The lowest BCUT2D eigenvalue weighted by Crippen LogP contribution is -2.42. The molecule has 3 rings (SSSR count). The molecule has 1 N–H and O–H groups in total. The van der Waals surface area contributed by atoms with Gasteiger partial charge in [-0.05, 0) is 66.0 Å². The summed E-state index contributed by atoms with van der Waals surface area (Å²) in [6, 6.07) is 18.5. The van der Waals surface area contributed by atoms with E-state index in [1.165, 1.54) is 0 Å². The summed E-state index contributed by atoms with van der Waals surface area (Å²) >= 11 is 0. The number of nitrogens with zero attached hydrogens (tertiary/aromatic N) is 2. The summed E-state index contributed by atoms with van der Waals surface area (Å²) in [4.78, 5) is 0. The van der Waals surface area contributed by atoms with E-state index >= 15 is 0 Å². The fraction of sp³-hybridized carbons (Fsp3) is 0.533. The van der Waals surface area contributed by atoms with Gasteiger partial charge in [0.15, 0.2) is 0 Å². The second kappa shape index (κ2) is 11.6. The van der Waals surface area contributed by atoms with Crippen molar-refractivity contribution in [2.75, 3.05) is 14.2 Å². The van der Waals surface area contributed by atoms with Gasteiger partial charge < -0.3 is 14.6 Å². The lowest BCUT2D eigenvalue weighted by atomic mass is 9.64. The Bertz CT molecular complexity index is 1060. The van der Waals surface area contributed by atoms with Crippen LogP contribution in [0.25, 0.3) is 0 Å². The SMILES string of the molecule is COc1ccc(C(C(C#N)CC(C)(C)Cc2cc(CC#N)ccc2OC)C2(O)CCCCC2)cc1. The van der Waals surface area contributed by atoms with Crippen LogP contribution in [-0.2, 0) is 12.8 Å². The molecule has 5 heteroatoms. The van der Waals surface area contributed by atoms with Crippen molar-refractivity contribution in [3.8, 4) is 23.6 Å². The van der Waals surface area contributed by atoms with E-state index in [1.807, 2.05) is 42.5 Å². The van der Waals surface area contributed by atoms with Crippen LogP contribution in [0, 0.1) is 34.0 Å². The number of methoxy groups -OCH3 is 2. The molecule has 1 fully saturated rings. The standard InChI is InChI=1S/C30H38N2O3/c1-29(2,19-24-18-22(14-17-31)8-13-27(24)35-4)20-25(21-32)28(30(33)15-6-5-7-16-30)23-9-11-26(34-3)12-10-23/h8-13,18,25,28,33H,5-7,14-16,19-20H2,1-4H3. The van der Waals surface area contributed by atoms with Crippen LogP contribution in [0.4, 0.5) is 0 Å². The van der Waals surface area contributed by atoms with Crippen molar-refractivity contribution in [2.24, 2.45) is 11.3 Å². The van der Waals surface area contributed by atoms with Crippen molar-refractivity contribution in [3.63, 3.8) is 0 Å². The molecule has 186 valence electrons. The molecule has 2 aromatic carbocycles. The Kier molecular flexibility index (Phi) is 8.82. The third kappa shape index (κ3) is 6.56. The van der Waals surface area contributed by atoms with Gasteiger partial charge in [0.2, 0.25) is 0 Å². The molecule has 2 unspecified atom stereocenters. The number of ether oxygens (including phenoxy) is 2. The van der Waals surface area contributed by atoms with Gasteiger partial charge in [0.05, 0.1) is 44.3 Å². The minimum Gasteiger partial charge on any atom is -0.497 e. The fourth-order valence-corrected chi connectivity index (χ4v) is 5.80. The first-order valence-electron chi connectivity index (χ1n) is 12.5. The third-order valence-corrected chi connectivity index (χ3v) is 7.41. The van der Waals surface area contributed by atoms with E-state index < -0.39 is 5.60 Å². The first-order valence-corrected chi connectivity index (χ1v) is 12.5. The van der Waals surface area contributed by atoms with Gasteiger partial charge in [0.1, 0.15) is 11.5 Å². The van der Waals surface area contributed by atoms with Crippen LogP contribution in [0.15, 0.2) is 42.5 Å². The van der Waals surface area contributed by atoms with Gasteiger partial charge in [0, 0.05) is 5.92 Å². The topological polar surface area (TPSA) is 86.3 Å². The molecule has 0 spiro atoms. The maximum Gasteiger partial charge on any atom is 0.122 e. The van der Waals surface area contributed by atoms with E-state index in [9.17, 15) is 10.4 Å². The molecule has 0 saturated heterocycles. The van der Waals surface area contributed by atoms with Crippen LogP contribution in [0.5, 0.6) is 11.5 Å². The van der Waals surface area contributed by atoms with Crippen LogP contribution in [-0.4, -0.2) is 24.9 Å². The van der Waals surface area contributed by atoms with Crippen molar-refractivity contribution in [2.45, 2.75) is 76.7 Å². The van der Waals surface area contributed by atoms with Crippen LogP contribution < -0.4 is 9.47 Å². The highest BCUT2D eigenvalue weighted by molar-refractivity contribution is 5.39. The maximum absolute atomic E-state index is 11.8. The second-order valence-electron chi connectivity index (χ2n) is 10.7. The lowest BCUT2D eigenvalue weighted by Gasteiger charge is -2.43. The van der Waals surface area contributed by atoms with E-state index in [0.29, 0.717) is 32.1 Å². The molecule has 0 amide bonds. The van der Waals surface area contributed by atoms with Gasteiger partial charge in [-0.15, -0.1) is 0 Å². The molecule has 0 aromatic heterocycles. The molecule has 1 aliphatic carbocycles. The average Bonchev–Trinajstić information content (AvgIpc) is 2.84. The van der Waals surface area contributed by atoms with Crippen molar-refractivity contribution in [1.29, 1.82) is 10.5 Å². The van der Waals surface area contributed by atoms with Crippen molar-refractivity contribution in [1.82, 2.24) is 0 Å². The molecular weight excluding hydrogens is 436 g/mol. The van der Waals surface area contributed by atoms with Crippen LogP contribution in [0.3, 0.4) is 0 Å². The summed E-state index contributed by atoms with van der Waals surface area (Å²) in [5, 5.41) is 31.4. The molecule has 0 heterocycles. The third-order valence-electron chi connectivity index (χ3n) is 7.41. The molecule has 5 nitrogen and oxygen atoms in total. The largest absolute Gasteiger partial charge is 0.497 e. The van der Waals surface area contributed by atoms with Gasteiger partial charge in [-0.1, -0.05) is 57.4 Å². The van der Waals surface area contributed by atoms with E-state index in [2.05, 4.69) is 26.0 Å². The Balaban J connectivity index is 1.93. The Morgan fingerprint density at radius 3 is 2.26 bits per heavy atom. The molecule has 0 bridgehead atoms. The minimum atomic E-state index is -0.895. The van der Waals surface area contributed by atoms with Gasteiger partial charge in [-0.25, -0.2) is 0 Å². The van der Waals surface area contributed by atoms with E-state index in [0.717, 1.165) is 47.5 Å². The summed E-state index contributed by atoms with van der Waals surface area (Å²) in [5.41, 5.74) is 1.87. The smallest absolute Gasteiger partial charge is 0.122 e. The van der Waals surface area contributed by atoms with E-state index in [-0.39, 0.29) is 17.3 Å². The zero-order chi connectivity index (χ0) is 25.5. The monoisotopic (exact) mass is 474 g/mol. The highest BCUT2D eigenvalue weighted by Crippen LogP contribution is 2.48. The Morgan fingerprint density at radius 1 is 1.00 bits per heavy atom. The summed E-state index contributed by atoms with van der Waals surface area (Å²) in [6.45, 7) is 4.34. The Morgan fingerprint density at radius 2 is 1.69 bits per heavy atom. The molecular formula is C30H38N2O3. The maximum atomic E-state index is 11.8. The molecule has 0 aliphatic heterocycles. The highest BCUT2D eigenvalue weighted by atomic mass is 16.5. The van der Waals surface area contributed by atoms with Crippen molar-refractivity contribution >= 4 is 0 Å². The molecule has 1 aliphatic rings. The van der Waals surface area contributed by atoms with E-state index in [1.54, 1.807) is 14.2 Å². The minimum absolute atomic E-state index is 0.227. The summed E-state index contributed by atoms with van der Waals surface area (Å²) in [6.07, 6.45) is 6.21. The predicted octanol–water partition coefficient (Wildman–Crippen LogP) is 6.35. The second-order valence-corrected chi connectivity index (χ2v) is 10.7. The molecule has 2 atom stereocenters. The predicted molar refractivity (Wildman–Crippen MR) is 137 cm³/mol. The Hall–Kier alpha value is -3.02. The quantitative estimate of drug-likeness (QED) is 0.434. The van der Waals surface area contributed by atoms with Gasteiger partial charge >= 0.3 is 0 Å². The summed E-state index contributed by atoms with van der Waals surface area (Å²) < 4.78 is 10.9. The molecule has 1 saturated carbocycles.